The maximum Gasteiger partial charge on any atom is 0.168 e. The number of allylic oxidation sites excluding steroid dienone is 2. The normalized spacial score (nSPS) is 17.6. The van der Waals surface area contributed by atoms with E-state index in [0.717, 1.165) is 9.42 Å². The summed E-state index contributed by atoms with van der Waals surface area (Å²) in [4.78, 5) is 4.07. The highest BCUT2D eigenvalue weighted by atomic mass is 127. The first-order valence-electron chi connectivity index (χ1n) is 2.62. The molecule has 3 heteroatoms. The second-order valence-corrected chi connectivity index (χ2v) is 2.79. The van der Waals surface area contributed by atoms with E-state index in [-0.39, 0.29) is 0 Å². The molecule has 9 heavy (non-hydrogen) atoms. The van der Waals surface area contributed by atoms with Gasteiger partial charge in [-0.2, -0.15) is 0 Å². The van der Waals surface area contributed by atoms with Crippen LogP contribution in [-0.2, 0) is 0 Å². The van der Waals surface area contributed by atoms with E-state index in [2.05, 4.69) is 32.9 Å². The molecule has 0 radical (unpaired) electrons. The van der Waals surface area contributed by atoms with Gasteiger partial charge in [-0.05, 0) is 41.2 Å². The Morgan fingerprint density at radius 2 is 2.44 bits per heavy atom. The van der Waals surface area contributed by atoms with Crippen molar-refractivity contribution in [1.29, 1.82) is 0 Å². The summed E-state index contributed by atoms with van der Waals surface area (Å²) in [6, 6.07) is 0. The molecule has 0 fully saturated rings. The topological polar surface area (TPSA) is 24.4 Å². The molecule has 0 saturated carbocycles. The highest BCUT2D eigenvalue weighted by Crippen LogP contribution is 2.00. The van der Waals surface area contributed by atoms with Crippen molar-refractivity contribution in [2.75, 3.05) is 0 Å². The van der Waals surface area contributed by atoms with Gasteiger partial charge in [0.15, 0.2) is 3.84 Å². The van der Waals surface area contributed by atoms with Crippen LogP contribution in [0.5, 0.6) is 0 Å². The zero-order chi connectivity index (χ0) is 6.69. The van der Waals surface area contributed by atoms with Crippen molar-refractivity contribution in [3.8, 4) is 0 Å². The molecule has 0 aromatic carbocycles. The van der Waals surface area contributed by atoms with Crippen LogP contribution >= 0.6 is 22.6 Å². The van der Waals surface area contributed by atoms with Crippen LogP contribution in [0.25, 0.3) is 0 Å². The van der Waals surface area contributed by atoms with Crippen LogP contribution in [0.3, 0.4) is 0 Å². The highest BCUT2D eigenvalue weighted by molar-refractivity contribution is 14.1. The molecule has 0 atom stereocenters. The summed E-state index contributed by atoms with van der Waals surface area (Å²) in [5, 5.41) is 2.98. The SMILES string of the molecule is CC1=CN=C(I)NC=C1. The molecule has 1 heterocycles. The lowest BCUT2D eigenvalue weighted by molar-refractivity contribution is 1.31. The van der Waals surface area contributed by atoms with Crippen molar-refractivity contribution in [1.82, 2.24) is 5.32 Å². The average molecular weight is 234 g/mol. The van der Waals surface area contributed by atoms with Gasteiger partial charge in [-0.3, -0.25) is 0 Å². The average Bonchev–Trinajstić information content (AvgIpc) is 1.97. The molecule has 1 aliphatic heterocycles. The fourth-order valence-corrected chi connectivity index (χ4v) is 0.800. The van der Waals surface area contributed by atoms with Gasteiger partial charge in [-0.1, -0.05) is 0 Å². The van der Waals surface area contributed by atoms with Gasteiger partial charge >= 0.3 is 0 Å². The van der Waals surface area contributed by atoms with Crippen molar-refractivity contribution in [3.05, 3.63) is 24.0 Å². The quantitative estimate of drug-likeness (QED) is 0.501. The van der Waals surface area contributed by atoms with Crippen molar-refractivity contribution < 1.29 is 0 Å². The van der Waals surface area contributed by atoms with Crippen LogP contribution in [-0.4, -0.2) is 3.84 Å². The number of halogens is 1. The summed E-state index contributed by atoms with van der Waals surface area (Å²) in [5.41, 5.74) is 1.16. The number of nitrogens with one attached hydrogen (secondary N) is 1. The third kappa shape index (κ3) is 2.17. The number of amidine groups is 1. The number of nitrogens with zero attached hydrogens (tertiary/aromatic N) is 1. The zero-order valence-electron chi connectivity index (χ0n) is 5.06. The third-order valence-corrected chi connectivity index (χ3v) is 1.52. The van der Waals surface area contributed by atoms with Gasteiger partial charge in [-0.15, -0.1) is 0 Å². The Morgan fingerprint density at radius 1 is 1.67 bits per heavy atom. The Kier molecular flexibility index (Phi) is 2.27. The summed E-state index contributed by atoms with van der Waals surface area (Å²) in [7, 11) is 0. The van der Waals surface area contributed by atoms with E-state index in [0.29, 0.717) is 0 Å². The predicted octanol–water partition coefficient (Wildman–Crippen LogP) is 1.80. The summed E-state index contributed by atoms with van der Waals surface area (Å²) in [6.45, 7) is 2.01. The summed E-state index contributed by atoms with van der Waals surface area (Å²) in [6.07, 6.45) is 5.69. The summed E-state index contributed by atoms with van der Waals surface area (Å²) in [5.74, 6) is 0. The Bertz CT molecular complexity index is 191. The molecule has 0 spiro atoms. The molecule has 0 aromatic heterocycles. The zero-order valence-corrected chi connectivity index (χ0v) is 7.21. The van der Waals surface area contributed by atoms with Gasteiger partial charge in [-0.25, -0.2) is 4.99 Å². The van der Waals surface area contributed by atoms with Crippen LogP contribution < -0.4 is 5.32 Å². The molecule has 1 aliphatic rings. The van der Waals surface area contributed by atoms with Crippen LogP contribution in [0.4, 0.5) is 0 Å². The molecule has 0 bridgehead atoms. The van der Waals surface area contributed by atoms with E-state index in [1.807, 2.05) is 25.4 Å². The van der Waals surface area contributed by atoms with Gasteiger partial charge < -0.3 is 5.32 Å². The largest absolute Gasteiger partial charge is 0.342 e. The molecule has 0 aliphatic carbocycles. The number of rotatable bonds is 0. The summed E-state index contributed by atoms with van der Waals surface area (Å²) >= 11 is 2.13. The maximum atomic E-state index is 4.07. The van der Waals surface area contributed by atoms with Crippen molar-refractivity contribution in [3.63, 3.8) is 0 Å². The predicted molar refractivity (Wildman–Crippen MR) is 47.5 cm³/mol. The Labute approximate surface area is 67.9 Å². The minimum absolute atomic E-state index is 0.903. The molecular weight excluding hydrogens is 227 g/mol. The van der Waals surface area contributed by atoms with E-state index in [4.69, 9.17) is 0 Å². The smallest absolute Gasteiger partial charge is 0.168 e. The standard InChI is InChI=1S/C6H7IN2/c1-5-2-3-8-6(7)9-4-5/h2-4H,1H3,(H,8,9). The Balaban J connectivity index is 2.80. The molecule has 0 amide bonds. The first-order chi connectivity index (χ1) is 4.29. The Morgan fingerprint density at radius 3 is 3.22 bits per heavy atom. The molecule has 0 aromatic rings. The first-order valence-corrected chi connectivity index (χ1v) is 3.70. The molecule has 2 nitrogen and oxygen atoms in total. The lowest BCUT2D eigenvalue weighted by Gasteiger charge is -1.89. The van der Waals surface area contributed by atoms with Gasteiger partial charge in [0.05, 0.1) is 0 Å². The van der Waals surface area contributed by atoms with Gasteiger partial charge in [0.25, 0.3) is 0 Å². The molecule has 0 unspecified atom stereocenters. The number of hydrogen-bond acceptors (Lipinski definition) is 2. The minimum atomic E-state index is 0.903. The summed E-state index contributed by atoms with van der Waals surface area (Å²) < 4.78 is 0.903. The second kappa shape index (κ2) is 3.00. The van der Waals surface area contributed by atoms with Gasteiger partial charge in [0.1, 0.15) is 0 Å². The van der Waals surface area contributed by atoms with E-state index in [1.165, 1.54) is 0 Å². The fourth-order valence-electron chi connectivity index (χ4n) is 0.481. The maximum absolute atomic E-state index is 4.07. The number of aliphatic imine (C=N–C) groups is 1. The monoisotopic (exact) mass is 234 g/mol. The van der Waals surface area contributed by atoms with E-state index >= 15 is 0 Å². The van der Waals surface area contributed by atoms with E-state index in [1.54, 1.807) is 0 Å². The fraction of sp³-hybridized carbons (Fsp3) is 0.167. The lowest BCUT2D eigenvalue weighted by Crippen LogP contribution is -2.07. The second-order valence-electron chi connectivity index (χ2n) is 1.77. The van der Waals surface area contributed by atoms with E-state index in [9.17, 15) is 0 Å². The highest BCUT2D eigenvalue weighted by Gasteiger charge is 1.89. The van der Waals surface area contributed by atoms with Crippen molar-refractivity contribution in [2.24, 2.45) is 4.99 Å². The van der Waals surface area contributed by atoms with Crippen LogP contribution in [0, 0.1) is 0 Å². The van der Waals surface area contributed by atoms with Crippen LogP contribution in [0.1, 0.15) is 6.92 Å². The Hall–Kier alpha value is -0.320. The molecule has 48 valence electrons. The van der Waals surface area contributed by atoms with E-state index < -0.39 is 0 Å². The van der Waals surface area contributed by atoms with Crippen LogP contribution in [0.15, 0.2) is 29.0 Å². The van der Waals surface area contributed by atoms with Crippen LogP contribution in [0.2, 0.25) is 0 Å². The minimum Gasteiger partial charge on any atom is -0.342 e. The first kappa shape index (κ1) is 6.80. The van der Waals surface area contributed by atoms with Crippen molar-refractivity contribution in [2.45, 2.75) is 6.92 Å². The lowest BCUT2D eigenvalue weighted by atomic mass is 10.3. The molecular formula is C6H7IN2. The van der Waals surface area contributed by atoms with Crippen molar-refractivity contribution >= 4 is 26.4 Å². The third-order valence-electron chi connectivity index (χ3n) is 0.930. The van der Waals surface area contributed by atoms with Gasteiger partial charge in [0, 0.05) is 12.4 Å². The molecule has 1 rings (SSSR count). The number of hydrogen-bond donors (Lipinski definition) is 1. The van der Waals surface area contributed by atoms with Gasteiger partial charge in [0.2, 0.25) is 0 Å². The molecule has 0 saturated heterocycles. The molecule has 1 N–H and O–H groups in total.